The number of nitrogens with one attached hydrogen (secondary N) is 1. The molecule has 0 radical (unpaired) electrons. The van der Waals surface area contributed by atoms with E-state index in [0.29, 0.717) is 30.5 Å². The Kier molecular flexibility index (Phi) is 4.74. The maximum atomic E-state index is 12.6. The van der Waals surface area contributed by atoms with Crippen molar-refractivity contribution in [2.75, 3.05) is 18.5 Å². The van der Waals surface area contributed by atoms with Gasteiger partial charge in [-0.1, -0.05) is 0 Å². The van der Waals surface area contributed by atoms with Crippen LogP contribution in [0.2, 0.25) is 0 Å². The van der Waals surface area contributed by atoms with Crippen LogP contribution in [-0.2, 0) is 4.74 Å². The van der Waals surface area contributed by atoms with Gasteiger partial charge in [-0.2, -0.15) is 10.2 Å². The Morgan fingerprint density at radius 1 is 1.03 bits per heavy atom. The molecule has 0 saturated carbocycles. The summed E-state index contributed by atoms with van der Waals surface area (Å²) < 4.78 is 8.77. The minimum atomic E-state index is -0.283. The van der Waals surface area contributed by atoms with Crippen molar-refractivity contribution in [2.45, 2.75) is 12.1 Å². The first-order chi connectivity index (χ1) is 14.8. The van der Waals surface area contributed by atoms with Gasteiger partial charge in [-0.3, -0.25) is 14.8 Å². The molecule has 10 nitrogen and oxygen atoms in total. The van der Waals surface area contributed by atoms with E-state index in [2.05, 4.69) is 30.5 Å². The Balaban J connectivity index is 1.42. The molecule has 1 aliphatic rings. The fourth-order valence-corrected chi connectivity index (χ4v) is 3.39. The molecule has 10 heteroatoms. The second-order valence-corrected chi connectivity index (χ2v) is 6.81. The van der Waals surface area contributed by atoms with Crippen LogP contribution in [-0.4, -0.2) is 53.8 Å². The van der Waals surface area contributed by atoms with Gasteiger partial charge in [0.05, 0.1) is 37.3 Å². The second kappa shape index (κ2) is 7.84. The van der Waals surface area contributed by atoms with E-state index in [9.17, 15) is 4.79 Å². The molecular weight excluding hydrogens is 384 g/mol. The van der Waals surface area contributed by atoms with Gasteiger partial charge in [0, 0.05) is 36.4 Å². The molecule has 0 aromatic carbocycles. The molecule has 1 saturated heterocycles. The summed E-state index contributed by atoms with van der Waals surface area (Å²) in [6.45, 7) is 0.794. The van der Waals surface area contributed by atoms with E-state index in [0.717, 1.165) is 5.56 Å². The zero-order chi connectivity index (χ0) is 20.3. The maximum Gasteiger partial charge on any atom is 0.267 e. The highest BCUT2D eigenvalue weighted by molar-refractivity contribution is 5.57. The first-order valence-corrected chi connectivity index (χ1v) is 9.44. The lowest BCUT2D eigenvalue weighted by molar-refractivity contribution is 0.183. The van der Waals surface area contributed by atoms with Crippen LogP contribution in [0.1, 0.15) is 6.04 Å². The maximum absolute atomic E-state index is 12.6. The van der Waals surface area contributed by atoms with E-state index in [1.165, 1.54) is 10.7 Å². The predicted octanol–water partition coefficient (Wildman–Crippen LogP) is 1.33. The monoisotopic (exact) mass is 402 g/mol. The summed E-state index contributed by atoms with van der Waals surface area (Å²) in [5.74, 6) is 1.16. The fourth-order valence-electron chi connectivity index (χ4n) is 3.39. The molecule has 4 aromatic heterocycles. The van der Waals surface area contributed by atoms with Crippen molar-refractivity contribution < 1.29 is 4.74 Å². The number of hydrogen-bond acceptors (Lipinski definition) is 8. The third-order valence-corrected chi connectivity index (χ3v) is 4.86. The minimum absolute atomic E-state index is 0.188. The molecule has 150 valence electrons. The summed E-state index contributed by atoms with van der Waals surface area (Å²) in [7, 11) is 0. The van der Waals surface area contributed by atoms with Crippen LogP contribution < -0.4 is 10.9 Å². The van der Waals surface area contributed by atoms with Crippen LogP contribution in [0, 0.1) is 0 Å². The Morgan fingerprint density at radius 3 is 2.77 bits per heavy atom. The van der Waals surface area contributed by atoms with Gasteiger partial charge in [0.2, 0.25) is 0 Å². The van der Waals surface area contributed by atoms with Crippen LogP contribution in [0.3, 0.4) is 0 Å². The summed E-state index contributed by atoms with van der Waals surface area (Å²) in [4.78, 5) is 25.4. The van der Waals surface area contributed by atoms with Crippen molar-refractivity contribution >= 4 is 5.82 Å². The van der Waals surface area contributed by atoms with E-state index in [-0.39, 0.29) is 17.6 Å². The van der Waals surface area contributed by atoms with Crippen LogP contribution >= 0.6 is 0 Å². The second-order valence-electron chi connectivity index (χ2n) is 6.81. The highest BCUT2D eigenvalue weighted by Crippen LogP contribution is 2.22. The van der Waals surface area contributed by atoms with Crippen LogP contribution in [0.5, 0.6) is 0 Å². The number of hydrogen-bond donors (Lipinski definition) is 1. The Bertz CT molecular complexity index is 1190. The number of rotatable bonds is 5. The quantitative estimate of drug-likeness (QED) is 0.532. The van der Waals surface area contributed by atoms with Gasteiger partial charge in [0.1, 0.15) is 11.9 Å². The standard InChI is InChI=1S/C20H18N8O2/c29-20-3-2-15(14-4-7-21-8-5-14)26-28(20)17-13-30-12-16(17)24-18-10-22-11-19(25-18)27-9-1-6-23-27/h1-11,16-17H,12-13H2,(H,24,25). The van der Waals surface area contributed by atoms with Crippen molar-refractivity contribution in [2.24, 2.45) is 0 Å². The van der Waals surface area contributed by atoms with Gasteiger partial charge in [0.15, 0.2) is 5.82 Å². The molecule has 0 spiro atoms. The lowest BCUT2D eigenvalue weighted by Crippen LogP contribution is -2.37. The number of nitrogens with zero attached hydrogens (tertiary/aromatic N) is 7. The third kappa shape index (κ3) is 3.55. The lowest BCUT2D eigenvalue weighted by Gasteiger charge is -2.21. The van der Waals surface area contributed by atoms with Crippen molar-refractivity contribution in [3.05, 3.63) is 77.9 Å². The molecule has 0 aliphatic carbocycles. The molecule has 1 fully saturated rings. The predicted molar refractivity (Wildman–Crippen MR) is 108 cm³/mol. The molecule has 30 heavy (non-hydrogen) atoms. The van der Waals surface area contributed by atoms with E-state index < -0.39 is 0 Å². The number of anilines is 1. The first-order valence-electron chi connectivity index (χ1n) is 9.44. The van der Waals surface area contributed by atoms with Gasteiger partial charge in [0.25, 0.3) is 5.56 Å². The van der Waals surface area contributed by atoms with Gasteiger partial charge in [-0.15, -0.1) is 0 Å². The van der Waals surface area contributed by atoms with Gasteiger partial charge in [-0.25, -0.2) is 14.3 Å². The average molecular weight is 402 g/mol. The molecule has 1 N–H and O–H groups in total. The molecular formula is C20H18N8O2. The molecule has 1 aliphatic heterocycles. The van der Waals surface area contributed by atoms with Gasteiger partial charge < -0.3 is 10.1 Å². The summed E-state index contributed by atoms with van der Waals surface area (Å²) in [5, 5.41) is 12.1. The molecule has 0 amide bonds. The zero-order valence-corrected chi connectivity index (χ0v) is 15.9. The third-order valence-electron chi connectivity index (χ3n) is 4.86. The van der Waals surface area contributed by atoms with Crippen molar-refractivity contribution in [3.63, 3.8) is 0 Å². The Morgan fingerprint density at radius 2 is 1.93 bits per heavy atom. The SMILES string of the molecule is O=c1ccc(-c2ccncc2)nn1C1COCC1Nc1cncc(-n2cccn2)n1. The number of aromatic nitrogens is 7. The molecule has 5 rings (SSSR count). The molecule has 2 unspecified atom stereocenters. The molecule has 0 bridgehead atoms. The van der Waals surface area contributed by atoms with E-state index >= 15 is 0 Å². The highest BCUT2D eigenvalue weighted by atomic mass is 16.5. The average Bonchev–Trinajstić information content (AvgIpc) is 3.48. The lowest BCUT2D eigenvalue weighted by atomic mass is 10.1. The summed E-state index contributed by atoms with van der Waals surface area (Å²) in [6.07, 6.45) is 10.1. The Hall–Kier alpha value is -3.92. The molecule has 4 aromatic rings. The van der Waals surface area contributed by atoms with E-state index in [1.54, 1.807) is 47.9 Å². The molecule has 5 heterocycles. The van der Waals surface area contributed by atoms with Crippen molar-refractivity contribution in [1.82, 2.24) is 34.5 Å². The largest absolute Gasteiger partial charge is 0.377 e. The van der Waals surface area contributed by atoms with Crippen LogP contribution in [0.25, 0.3) is 17.1 Å². The van der Waals surface area contributed by atoms with Crippen molar-refractivity contribution in [1.29, 1.82) is 0 Å². The Labute approximate surface area is 171 Å². The first kappa shape index (κ1) is 18.1. The van der Waals surface area contributed by atoms with Gasteiger partial charge >= 0.3 is 0 Å². The smallest absolute Gasteiger partial charge is 0.267 e. The normalized spacial score (nSPS) is 18.4. The fraction of sp³-hybridized carbons (Fsp3) is 0.200. The van der Waals surface area contributed by atoms with E-state index in [1.807, 2.05) is 18.2 Å². The van der Waals surface area contributed by atoms with Crippen LogP contribution in [0.4, 0.5) is 5.82 Å². The van der Waals surface area contributed by atoms with E-state index in [4.69, 9.17) is 4.74 Å². The zero-order valence-electron chi connectivity index (χ0n) is 15.9. The van der Waals surface area contributed by atoms with Gasteiger partial charge in [-0.05, 0) is 24.3 Å². The number of ether oxygens (including phenoxy) is 1. The summed E-state index contributed by atoms with van der Waals surface area (Å²) in [5.41, 5.74) is 1.40. The number of pyridine rings is 1. The molecule has 2 atom stereocenters. The highest BCUT2D eigenvalue weighted by Gasteiger charge is 2.32. The minimum Gasteiger partial charge on any atom is -0.377 e. The van der Waals surface area contributed by atoms with Crippen molar-refractivity contribution in [3.8, 4) is 17.1 Å². The van der Waals surface area contributed by atoms with Crippen LogP contribution in [0.15, 0.2) is 72.3 Å². The summed E-state index contributed by atoms with van der Waals surface area (Å²) >= 11 is 0. The topological polar surface area (TPSA) is 113 Å². The summed E-state index contributed by atoms with van der Waals surface area (Å²) in [6, 6.07) is 8.29.